The van der Waals surface area contributed by atoms with E-state index in [2.05, 4.69) is 15.5 Å². The monoisotopic (exact) mass is 349 g/mol. The number of thioether (sulfide) groups is 1. The molecule has 1 amide bonds. The number of hydrogen-bond acceptors (Lipinski definition) is 4. The molecule has 3 aromatic rings. The van der Waals surface area contributed by atoms with Gasteiger partial charge in [0, 0.05) is 18.5 Å². The van der Waals surface area contributed by atoms with E-state index in [1.165, 1.54) is 6.07 Å². The summed E-state index contributed by atoms with van der Waals surface area (Å²) in [5.74, 6) is -1.27. The molecule has 3 rings (SSSR count). The van der Waals surface area contributed by atoms with Gasteiger partial charge in [0.25, 0.3) is 0 Å². The summed E-state index contributed by atoms with van der Waals surface area (Å²) in [6.45, 7) is 1.80. The zero-order chi connectivity index (χ0) is 17.1. The molecule has 0 aliphatic rings. The number of carbonyl (C=O) groups excluding carboxylic acids is 1. The first kappa shape index (κ1) is 16.2. The van der Waals surface area contributed by atoms with Crippen molar-refractivity contribution in [2.24, 2.45) is 0 Å². The average molecular weight is 349 g/mol. The van der Waals surface area contributed by atoms with Gasteiger partial charge in [0.05, 0.1) is 11.4 Å². The number of nitrogens with one attached hydrogen (secondary N) is 1. The van der Waals surface area contributed by atoms with Crippen LogP contribution in [0.2, 0.25) is 0 Å². The number of halogens is 2. The molecule has 0 saturated heterocycles. The van der Waals surface area contributed by atoms with E-state index in [0.29, 0.717) is 11.0 Å². The Morgan fingerprint density at radius 1 is 1.25 bits per heavy atom. The molecule has 2 aromatic heterocycles. The van der Waals surface area contributed by atoms with Crippen LogP contribution in [0.1, 0.15) is 5.82 Å². The van der Waals surface area contributed by atoms with Crippen LogP contribution in [0.3, 0.4) is 0 Å². The maximum atomic E-state index is 13.5. The lowest BCUT2D eigenvalue weighted by Crippen LogP contribution is -2.16. The van der Waals surface area contributed by atoms with Gasteiger partial charge in [-0.15, -0.1) is 10.2 Å². The molecule has 24 heavy (non-hydrogen) atoms. The third kappa shape index (κ3) is 3.46. The molecule has 2 heterocycles. The van der Waals surface area contributed by atoms with Crippen LogP contribution >= 0.6 is 11.8 Å². The van der Waals surface area contributed by atoms with Crippen molar-refractivity contribution in [3.05, 3.63) is 60.2 Å². The highest BCUT2D eigenvalue weighted by molar-refractivity contribution is 7.99. The van der Waals surface area contributed by atoms with Crippen molar-refractivity contribution in [3.8, 4) is 0 Å². The SMILES string of the molecule is Cc1nnc(SCC(=O)Nc2ccc(F)cc2F)n1-n1cccc1. The van der Waals surface area contributed by atoms with E-state index < -0.39 is 17.5 Å². The molecule has 0 unspecified atom stereocenters. The first-order valence-corrected chi connectivity index (χ1v) is 7.96. The summed E-state index contributed by atoms with van der Waals surface area (Å²) in [6.07, 6.45) is 3.66. The number of rotatable bonds is 5. The molecular formula is C15H13F2N5OS. The number of aryl methyl sites for hydroxylation is 1. The summed E-state index contributed by atoms with van der Waals surface area (Å²) < 4.78 is 29.9. The lowest BCUT2D eigenvalue weighted by Gasteiger charge is -2.09. The lowest BCUT2D eigenvalue weighted by molar-refractivity contribution is -0.113. The van der Waals surface area contributed by atoms with E-state index in [0.717, 1.165) is 23.9 Å². The second-order valence-electron chi connectivity index (χ2n) is 4.87. The highest BCUT2D eigenvalue weighted by Gasteiger charge is 2.14. The summed E-state index contributed by atoms with van der Waals surface area (Å²) >= 11 is 1.16. The summed E-state index contributed by atoms with van der Waals surface area (Å²) in [6, 6.07) is 6.70. The van der Waals surface area contributed by atoms with Gasteiger partial charge in [-0.3, -0.25) is 9.47 Å². The fraction of sp³-hybridized carbons (Fsp3) is 0.133. The molecule has 0 atom stereocenters. The fourth-order valence-electron chi connectivity index (χ4n) is 2.06. The van der Waals surface area contributed by atoms with Gasteiger partial charge in [0.1, 0.15) is 11.6 Å². The smallest absolute Gasteiger partial charge is 0.234 e. The standard InChI is InChI=1S/C15H13F2N5OS/c1-10-19-20-15(22(10)21-6-2-3-7-21)24-9-14(23)18-13-5-4-11(16)8-12(13)17/h2-8H,9H2,1H3,(H,18,23). The number of carbonyl (C=O) groups is 1. The van der Waals surface area contributed by atoms with Crippen LogP contribution in [0.15, 0.2) is 47.9 Å². The number of anilines is 1. The van der Waals surface area contributed by atoms with Crippen LogP contribution in [0.5, 0.6) is 0 Å². The topological polar surface area (TPSA) is 64.7 Å². The zero-order valence-electron chi connectivity index (χ0n) is 12.6. The maximum Gasteiger partial charge on any atom is 0.234 e. The van der Waals surface area contributed by atoms with Crippen LogP contribution in [-0.4, -0.2) is 31.2 Å². The highest BCUT2D eigenvalue weighted by Crippen LogP contribution is 2.19. The van der Waals surface area contributed by atoms with E-state index >= 15 is 0 Å². The van der Waals surface area contributed by atoms with Crippen molar-refractivity contribution in [1.82, 2.24) is 19.5 Å². The van der Waals surface area contributed by atoms with Gasteiger partial charge in [-0.2, -0.15) is 0 Å². The minimum absolute atomic E-state index is 0.0101. The first-order valence-electron chi connectivity index (χ1n) is 6.98. The normalized spacial score (nSPS) is 10.8. The third-order valence-electron chi connectivity index (χ3n) is 3.13. The molecule has 0 saturated carbocycles. The molecule has 0 aliphatic heterocycles. The quantitative estimate of drug-likeness (QED) is 0.720. The average Bonchev–Trinajstić information content (AvgIpc) is 3.17. The van der Waals surface area contributed by atoms with Crippen LogP contribution < -0.4 is 5.32 Å². The summed E-state index contributed by atoms with van der Waals surface area (Å²) in [5, 5.41) is 11.0. The Balaban J connectivity index is 1.67. The van der Waals surface area contributed by atoms with Crippen LogP contribution in [0, 0.1) is 18.6 Å². The Morgan fingerprint density at radius 3 is 2.71 bits per heavy atom. The Bertz CT molecular complexity index is 863. The minimum atomic E-state index is -0.820. The van der Waals surface area contributed by atoms with E-state index in [1.54, 1.807) is 16.3 Å². The van der Waals surface area contributed by atoms with E-state index in [4.69, 9.17) is 0 Å². The summed E-state index contributed by atoms with van der Waals surface area (Å²) in [7, 11) is 0. The van der Waals surface area contributed by atoms with Gasteiger partial charge >= 0.3 is 0 Å². The lowest BCUT2D eigenvalue weighted by atomic mass is 10.3. The predicted octanol–water partition coefficient (Wildman–Crippen LogP) is 2.71. The molecule has 1 N–H and O–H groups in total. The maximum absolute atomic E-state index is 13.5. The molecule has 0 aliphatic carbocycles. The zero-order valence-corrected chi connectivity index (χ0v) is 13.4. The molecule has 0 bridgehead atoms. The van der Waals surface area contributed by atoms with Gasteiger partial charge in [-0.1, -0.05) is 11.8 Å². The van der Waals surface area contributed by atoms with Crippen LogP contribution in [-0.2, 0) is 4.79 Å². The van der Waals surface area contributed by atoms with Gasteiger partial charge in [-0.25, -0.2) is 13.5 Å². The molecule has 6 nitrogen and oxygen atoms in total. The number of amides is 1. The predicted molar refractivity (Wildman–Crippen MR) is 85.7 cm³/mol. The van der Waals surface area contributed by atoms with Crippen LogP contribution in [0.25, 0.3) is 0 Å². The summed E-state index contributed by atoms with van der Waals surface area (Å²) in [5.41, 5.74) is -0.0648. The molecule has 1 aromatic carbocycles. The molecule has 0 spiro atoms. The fourth-order valence-corrected chi connectivity index (χ4v) is 2.84. The van der Waals surface area contributed by atoms with Gasteiger partial charge in [-0.05, 0) is 31.2 Å². The number of aromatic nitrogens is 4. The van der Waals surface area contributed by atoms with Crippen molar-refractivity contribution < 1.29 is 13.6 Å². The number of hydrogen-bond donors (Lipinski definition) is 1. The largest absolute Gasteiger partial charge is 0.323 e. The minimum Gasteiger partial charge on any atom is -0.323 e. The Labute approximate surface area is 140 Å². The first-order chi connectivity index (χ1) is 11.5. The Kier molecular flexibility index (Phi) is 4.61. The second kappa shape index (κ2) is 6.83. The van der Waals surface area contributed by atoms with E-state index in [9.17, 15) is 13.6 Å². The number of benzene rings is 1. The van der Waals surface area contributed by atoms with Gasteiger partial charge in [0.2, 0.25) is 11.1 Å². The van der Waals surface area contributed by atoms with Gasteiger partial charge < -0.3 is 5.32 Å². The Morgan fingerprint density at radius 2 is 2.00 bits per heavy atom. The van der Waals surface area contributed by atoms with Crippen molar-refractivity contribution in [2.45, 2.75) is 12.1 Å². The number of nitrogens with zero attached hydrogens (tertiary/aromatic N) is 4. The molecule has 9 heteroatoms. The molecule has 0 radical (unpaired) electrons. The molecule has 0 fully saturated rings. The Hall–Kier alpha value is -2.68. The molecule has 124 valence electrons. The van der Waals surface area contributed by atoms with Crippen molar-refractivity contribution in [2.75, 3.05) is 11.1 Å². The van der Waals surface area contributed by atoms with E-state index in [-0.39, 0.29) is 11.4 Å². The van der Waals surface area contributed by atoms with Gasteiger partial charge in [0.15, 0.2) is 5.82 Å². The van der Waals surface area contributed by atoms with Crippen LogP contribution in [0.4, 0.5) is 14.5 Å². The van der Waals surface area contributed by atoms with Crippen molar-refractivity contribution in [3.63, 3.8) is 0 Å². The molecular weight excluding hydrogens is 336 g/mol. The highest BCUT2D eigenvalue weighted by atomic mass is 32.2. The van der Waals surface area contributed by atoms with Crippen molar-refractivity contribution in [1.29, 1.82) is 0 Å². The third-order valence-corrected chi connectivity index (χ3v) is 4.04. The van der Waals surface area contributed by atoms with E-state index in [1.807, 2.05) is 24.5 Å². The van der Waals surface area contributed by atoms with Crippen molar-refractivity contribution >= 4 is 23.4 Å². The second-order valence-corrected chi connectivity index (χ2v) is 5.81. The summed E-state index contributed by atoms with van der Waals surface area (Å²) in [4.78, 5) is 12.0.